The molecule has 0 aliphatic rings. The zero-order valence-electron chi connectivity index (χ0n) is 9.43. The maximum Gasteiger partial charge on any atom is -0.00454 e. The number of rotatable bonds is 5. The van der Waals surface area contributed by atoms with Gasteiger partial charge in [-0.1, -0.05) is 49.3 Å². The first kappa shape index (κ1) is 12.2. The lowest BCUT2D eigenvalue weighted by Crippen LogP contribution is -1.93. The molecule has 13 heavy (non-hydrogen) atoms. The van der Waals surface area contributed by atoms with Crippen molar-refractivity contribution in [3.8, 4) is 0 Å². The van der Waals surface area contributed by atoms with E-state index in [2.05, 4.69) is 46.4 Å². The van der Waals surface area contributed by atoms with E-state index < -0.39 is 0 Å². The van der Waals surface area contributed by atoms with Crippen molar-refractivity contribution in [2.45, 2.75) is 40.5 Å². The van der Waals surface area contributed by atoms with Gasteiger partial charge in [0.15, 0.2) is 0 Å². The summed E-state index contributed by atoms with van der Waals surface area (Å²) in [4.78, 5) is 0. The Balaban J connectivity index is 4.42. The zero-order valence-corrected chi connectivity index (χ0v) is 9.43. The van der Waals surface area contributed by atoms with Gasteiger partial charge in [-0.05, 0) is 33.1 Å². The van der Waals surface area contributed by atoms with Gasteiger partial charge in [-0.25, -0.2) is 0 Å². The van der Waals surface area contributed by atoms with Crippen molar-refractivity contribution in [2.24, 2.45) is 5.92 Å². The summed E-state index contributed by atoms with van der Waals surface area (Å²) in [5.74, 6) is 0.591. The molecular formula is C13H22. The van der Waals surface area contributed by atoms with Crippen molar-refractivity contribution < 1.29 is 0 Å². The van der Waals surface area contributed by atoms with Gasteiger partial charge in [0.05, 0.1) is 0 Å². The van der Waals surface area contributed by atoms with Gasteiger partial charge in [-0.3, -0.25) is 0 Å². The Labute approximate surface area is 83.0 Å². The van der Waals surface area contributed by atoms with E-state index in [4.69, 9.17) is 0 Å². The zero-order chi connectivity index (χ0) is 10.3. The molecule has 0 fully saturated rings. The van der Waals surface area contributed by atoms with Crippen molar-refractivity contribution in [3.05, 3.63) is 36.0 Å². The van der Waals surface area contributed by atoms with Gasteiger partial charge in [-0.15, -0.1) is 0 Å². The quantitative estimate of drug-likeness (QED) is 0.429. The second-order valence-corrected chi connectivity index (χ2v) is 3.81. The number of hydrogen-bond donors (Lipinski definition) is 0. The molecule has 0 heteroatoms. The van der Waals surface area contributed by atoms with Crippen LogP contribution >= 0.6 is 0 Å². The molecule has 0 aromatic heterocycles. The summed E-state index contributed by atoms with van der Waals surface area (Å²) in [5.41, 5.74) is 2.67. The highest BCUT2D eigenvalue weighted by Crippen LogP contribution is 2.14. The van der Waals surface area contributed by atoms with Gasteiger partial charge in [0.1, 0.15) is 0 Å². The van der Waals surface area contributed by atoms with Crippen LogP contribution in [-0.4, -0.2) is 0 Å². The van der Waals surface area contributed by atoms with Gasteiger partial charge in [0, 0.05) is 0 Å². The molecule has 0 aliphatic heterocycles. The van der Waals surface area contributed by atoms with Crippen molar-refractivity contribution in [1.29, 1.82) is 0 Å². The second kappa shape index (κ2) is 6.71. The molecule has 0 aromatic rings. The van der Waals surface area contributed by atoms with Gasteiger partial charge in [0.2, 0.25) is 0 Å². The molecule has 0 N–H and O–H groups in total. The predicted octanol–water partition coefficient (Wildman–Crippen LogP) is 4.50. The smallest absolute Gasteiger partial charge is 0.00454 e. The summed E-state index contributed by atoms with van der Waals surface area (Å²) in [7, 11) is 0. The van der Waals surface area contributed by atoms with Crippen LogP contribution in [0.4, 0.5) is 0 Å². The van der Waals surface area contributed by atoms with Crippen LogP contribution in [-0.2, 0) is 0 Å². The third-order valence-electron chi connectivity index (χ3n) is 1.97. The normalized spacial score (nSPS) is 13.7. The highest BCUT2D eigenvalue weighted by atomic mass is 14.0. The fourth-order valence-electron chi connectivity index (χ4n) is 1.38. The molecule has 0 saturated carbocycles. The van der Waals surface area contributed by atoms with E-state index in [-0.39, 0.29) is 0 Å². The fraction of sp³-hybridized carbons (Fsp3) is 0.538. The van der Waals surface area contributed by atoms with Crippen LogP contribution in [0.25, 0.3) is 0 Å². The van der Waals surface area contributed by atoms with Crippen LogP contribution in [0.3, 0.4) is 0 Å². The minimum Gasteiger partial charge on any atom is -0.0988 e. The van der Waals surface area contributed by atoms with E-state index in [1.807, 2.05) is 6.08 Å². The molecule has 0 spiro atoms. The molecule has 0 aromatic carbocycles. The summed E-state index contributed by atoms with van der Waals surface area (Å²) in [6.45, 7) is 12.4. The van der Waals surface area contributed by atoms with Crippen molar-refractivity contribution in [2.75, 3.05) is 0 Å². The lowest BCUT2D eigenvalue weighted by molar-refractivity contribution is 0.684. The largest absolute Gasteiger partial charge is 0.0988 e. The topological polar surface area (TPSA) is 0 Å². The minimum absolute atomic E-state index is 0.591. The van der Waals surface area contributed by atoms with E-state index in [9.17, 15) is 0 Å². The fourth-order valence-corrected chi connectivity index (χ4v) is 1.38. The lowest BCUT2D eigenvalue weighted by atomic mass is 9.98. The summed E-state index contributed by atoms with van der Waals surface area (Å²) in [6.07, 6.45) is 9.01. The molecule has 0 amide bonds. The molecule has 0 rings (SSSR count). The Bertz CT molecular complexity index is 202. The number of hydrogen-bond acceptors (Lipinski definition) is 0. The van der Waals surface area contributed by atoms with Crippen LogP contribution in [0.5, 0.6) is 0 Å². The third-order valence-corrected chi connectivity index (χ3v) is 1.97. The van der Waals surface area contributed by atoms with Crippen LogP contribution in [0.1, 0.15) is 40.5 Å². The van der Waals surface area contributed by atoms with Gasteiger partial charge >= 0.3 is 0 Å². The molecule has 0 radical (unpaired) electrons. The Morgan fingerprint density at radius 3 is 2.23 bits per heavy atom. The van der Waals surface area contributed by atoms with Crippen molar-refractivity contribution in [3.63, 3.8) is 0 Å². The first-order valence-electron chi connectivity index (χ1n) is 5.06. The van der Waals surface area contributed by atoms with E-state index in [0.717, 1.165) is 0 Å². The Morgan fingerprint density at radius 1 is 1.23 bits per heavy atom. The molecule has 1 atom stereocenters. The van der Waals surface area contributed by atoms with Gasteiger partial charge in [-0.2, -0.15) is 0 Å². The van der Waals surface area contributed by atoms with Gasteiger partial charge < -0.3 is 0 Å². The number of allylic oxidation sites excluding steroid dienone is 5. The molecule has 1 unspecified atom stereocenters. The Kier molecular flexibility index (Phi) is 6.30. The molecule has 0 aliphatic carbocycles. The highest BCUT2D eigenvalue weighted by Gasteiger charge is 1.99. The van der Waals surface area contributed by atoms with Crippen molar-refractivity contribution >= 4 is 0 Å². The standard InChI is InChI=1S/C13H22/c1-6-8-13(9-11(3)4)10-12(5)7-2/h7,9-10,13H,2,6,8H2,1,3-5H3. The Hall–Kier alpha value is -0.780. The average Bonchev–Trinajstić information content (AvgIpc) is 2.03. The average molecular weight is 178 g/mol. The second-order valence-electron chi connectivity index (χ2n) is 3.81. The monoisotopic (exact) mass is 178 g/mol. The van der Waals surface area contributed by atoms with Crippen LogP contribution in [0, 0.1) is 5.92 Å². The van der Waals surface area contributed by atoms with E-state index in [1.54, 1.807) is 0 Å². The van der Waals surface area contributed by atoms with Gasteiger partial charge in [0.25, 0.3) is 0 Å². The summed E-state index contributed by atoms with van der Waals surface area (Å²) < 4.78 is 0. The molecule has 0 heterocycles. The summed E-state index contributed by atoms with van der Waals surface area (Å²) in [6, 6.07) is 0. The van der Waals surface area contributed by atoms with Crippen LogP contribution in [0.2, 0.25) is 0 Å². The SMILES string of the molecule is C=CC(C)=CC(C=C(C)C)CCC. The molecule has 0 saturated heterocycles. The molecule has 74 valence electrons. The van der Waals surface area contributed by atoms with E-state index in [1.165, 1.54) is 24.0 Å². The highest BCUT2D eigenvalue weighted by molar-refractivity contribution is 5.17. The third kappa shape index (κ3) is 6.39. The molecule has 0 bridgehead atoms. The van der Waals surface area contributed by atoms with Crippen LogP contribution < -0.4 is 0 Å². The maximum absolute atomic E-state index is 3.76. The lowest BCUT2D eigenvalue weighted by Gasteiger charge is -2.07. The minimum atomic E-state index is 0.591. The first-order chi connectivity index (χ1) is 6.10. The summed E-state index contributed by atoms with van der Waals surface area (Å²) >= 11 is 0. The first-order valence-corrected chi connectivity index (χ1v) is 5.06. The molecular weight excluding hydrogens is 156 g/mol. The predicted molar refractivity (Wildman–Crippen MR) is 61.8 cm³/mol. The van der Waals surface area contributed by atoms with Crippen LogP contribution in [0.15, 0.2) is 36.0 Å². The Morgan fingerprint density at radius 2 is 1.85 bits per heavy atom. The van der Waals surface area contributed by atoms with Crippen molar-refractivity contribution in [1.82, 2.24) is 0 Å². The van der Waals surface area contributed by atoms with E-state index in [0.29, 0.717) is 5.92 Å². The molecule has 0 nitrogen and oxygen atoms in total. The van der Waals surface area contributed by atoms with E-state index >= 15 is 0 Å². The summed E-state index contributed by atoms with van der Waals surface area (Å²) in [5, 5.41) is 0. The maximum atomic E-state index is 3.76.